The van der Waals surface area contributed by atoms with Crippen LogP contribution in [0.4, 0.5) is 10.1 Å². The molecular formula is C25H23FN4O. The Kier molecular flexibility index (Phi) is 5.00. The normalized spacial score (nSPS) is 14.9. The Morgan fingerprint density at radius 2 is 1.81 bits per heavy atom. The first-order valence-electron chi connectivity index (χ1n) is 10.4. The van der Waals surface area contributed by atoms with E-state index in [9.17, 15) is 9.18 Å². The number of carbonyl (C=O) groups is 1. The van der Waals surface area contributed by atoms with Crippen molar-refractivity contribution >= 4 is 22.6 Å². The number of amides is 1. The summed E-state index contributed by atoms with van der Waals surface area (Å²) in [7, 11) is 0. The van der Waals surface area contributed by atoms with Crippen molar-refractivity contribution < 1.29 is 9.18 Å². The third-order valence-electron chi connectivity index (χ3n) is 5.98. The van der Waals surface area contributed by atoms with E-state index >= 15 is 0 Å². The highest BCUT2D eigenvalue weighted by molar-refractivity contribution is 6.04. The second kappa shape index (κ2) is 7.96. The van der Waals surface area contributed by atoms with Crippen LogP contribution in [0.3, 0.4) is 0 Å². The summed E-state index contributed by atoms with van der Waals surface area (Å²) in [4.78, 5) is 19.7. The minimum atomic E-state index is -0.364. The number of carbonyl (C=O) groups excluding carboxylic acids is 1. The zero-order chi connectivity index (χ0) is 21.4. The van der Waals surface area contributed by atoms with Gasteiger partial charge in [0.05, 0.1) is 17.6 Å². The van der Waals surface area contributed by atoms with Crippen LogP contribution in [0.2, 0.25) is 0 Å². The molecular weight excluding hydrogens is 391 g/mol. The molecule has 1 aliphatic heterocycles. The number of aromatic nitrogens is 2. The second-order valence-corrected chi connectivity index (χ2v) is 7.90. The molecule has 2 heterocycles. The van der Waals surface area contributed by atoms with Gasteiger partial charge in [0.1, 0.15) is 11.6 Å². The predicted octanol–water partition coefficient (Wildman–Crippen LogP) is 5.00. The molecule has 1 N–H and O–H groups in total. The van der Waals surface area contributed by atoms with Crippen molar-refractivity contribution in [1.82, 2.24) is 14.5 Å². The summed E-state index contributed by atoms with van der Waals surface area (Å²) in [5.41, 5.74) is 4.32. The second-order valence-electron chi connectivity index (χ2n) is 7.90. The number of nitrogens with zero attached hydrogens (tertiary/aromatic N) is 3. The highest BCUT2D eigenvalue weighted by Gasteiger charge is 2.24. The maximum atomic E-state index is 13.1. The smallest absolute Gasteiger partial charge is 0.255 e. The summed E-state index contributed by atoms with van der Waals surface area (Å²) in [6.07, 6.45) is 0. The van der Waals surface area contributed by atoms with E-state index < -0.39 is 0 Å². The summed E-state index contributed by atoms with van der Waals surface area (Å²) < 4.78 is 15.4. The lowest BCUT2D eigenvalue weighted by Gasteiger charge is -2.33. The summed E-state index contributed by atoms with van der Waals surface area (Å²) in [6, 6.07) is 22.1. The van der Waals surface area contributed by atoms with Gasteiger partial charge in [-0.15, -0.1) is 0 Å². The molecule has 1 amide bonds. The van der Waals surface area contributed by atoms with Crippen molar-refractivity contribution in [3.8, 4) is 0 Å². The Morgan fingerprint density at radius 3 is 2.58 bits per heavy atom. The van der Waals surface area contributed by atoms with Crippen LogP contribution in [0.5, 0.6) is 0 Å². The van der Waals surface area contributed by atoms with Gasteiger partial charge in [-0.05, 0) is 55.0 Å². The van der Waals surface area contributed by atoms with Crippen LogP contribution < -0.4 is 5.32 Å². The maximum Gasteiger partial charge on any atom is 0.255 e. The zero-order valence-electron chi connectivity index (χ0n) is 17.3. The molecule has 0 bridgehead atoms. The molecule has 5 rings (SSSR count). The minimum absolute atomic E-state index is 0.272. The van der Waals surface area contributed by atoms with E-state index in [0.717, 1.165) is 36.5 Å². The highest BCUT2D eigenvalue weighted by Crippen LogP contribution is 2.28. The van der Waals surface area contributed by atoms with Crippen molar-refractivity contribution in [2.24, 2.45) is 0 Å². The molecule has 31 heavy (non-hydrogen) atoms. The van der Waals surface area contributed by atoms with Crippen LogP contribution >= 0.6 is 0 Å². The molecule has 0 aliphatic carbocycles. The zero-order valence-corrected chi connectivity index (χ0v) is 17.3. The van der Waals surface area contributed by atoms with Gasteiger partial charge in [-0.1, -0.05) is 30.3 Å². The first kappa shape index (κ1) is 19.5. The Hall–Kier alpha value is -3.51. The fourth-order valence-corrected chi connectivity index (χ4v) is 4.19. The van der Waals surface area contributed by atoms with E-state index in [4.69, 9.17) is 4.98 Å². The molecule has 3 aromatic carbocycles. The van der Waals surface area contributed by atoms with Crippen LogP contribution in [-0.2, 0) is 13.1 Å². The SMILES string of the molecule is C[C@H](c1ccccc1)N1CCn2c(nc3cc(NC(=O)c4ccc(F)cc4)ccc32)C1. The molecule has 0 radical (unpaired) electrons. The molecule has 0 fully saturated rings. The predicted molar refractivity (Wildman–Crippen MR) is 119 cm³/mol. The molecule has 0 spiro atoms. The average molecular weight is 414 g/mol. The van der Waals surface area contributed by atoms with E-state index in [1.54, 1.807) is 0 Å². The molecule has 156 valence electrons. The number of hydrogen-bond donors (Lipinski definition) is 1. The van der Waals surface area contributed by atoms with E-state index in [1.165, 1.54) is 29.8 Å². The van der Waals surface area contributed by atoms with E-state index in [1.807, 2.05) is 24.3 Å². The lowest BCUT2D eigenvalue weighted by molar-refractivity contribution is 0.102. The first-order valence-corrected chi connectivity index (χ1v) is 10.4. The van der Waals surface area contributed by atoms with Gasteiger partial charge >= 0.3 is 0 Å². The quantitative estimate of drug-likeness (QED) is 0.511. The van der Waals surface area contributed by atoms with Crippen LogP contribution in [-0.4, -0.2) is 26.9 Å². The third-order valence-corrected chi connectivity index (χ3v) is 5.98. The van der Waals surface area contributed by atoms with Gasteiger partial charge in [0.15, 0.2) is 0 Å². The Balaban J connectivity index is 1.36. The summed E-state index contributed by atoms with van der Waals surface area (Å²) in [6.45, 7) is 4.85. The lowest BCUT2D eigenvalue weighted by atomic mass is 10.1. The maximum absolute atomic E-state index is 13.1. The van der Waals surface area contributed by atoms with E-state index in [2.05, 4.69) is 46.0 Å². The number of imidazole rings is 1. The third kappa shape index (κ3) is 3.82. The standard InChI is InChI=1S/C25H23FN4O/c1-17(18-5-3-2-4-6-18)29-13-14-30-23-12-11-21(15-22(23)28-24(30)16-29)27-25(31)19-7-9-20(26)10-8-19/h2-12,15,17H,13-14,16H2,1H3,(H,27,31)/t17-/m1/s1. The van der Waals surface area contributed by atoms with Crippen LogP contribution in [0, 0.1) is 5.82 Å². The fraction of sp³-hybridized carbons (Fsp3) is 0.200. The summed E-state index contributed by atoms with van der Waals surface area (Å²) >= 11 is 0. The molecule has 5 nitrogen and oxygen atoms in total. The topological polar surface area (TPSA) is 50.2 Å². The molecule has 6 heteroatoms. The van der Waals surface area contributed by atoms with Crippen molar-refractivity contribution in [3.05, 3.63) is 95.6 Å². The van der Waals surface area contributed by atoms with Gasteiger partial charge in [-0.25, -0.2) is 9.37 Å². The van der Waals surface area contributed by atoms with Crippen LogP contribution in [0.1, 0.15) is 34.7 Å². The van der Waals surface area contributed by atoms with Gasteiger partial charge < -0.3 is 9.88 Å². The molecule has 1 aliphatic rings. The van der Waals surface area contributed by atoms with Crippen LogP contribution in [0.15, 0.2) is 72.8 Å². The number of halogens is 1. The molecule has 0 saturated carbocycles. The molecule has 4 aromatic rings. The van der Waals surface area contributed by atoms with Gasteiger partial charge in [0, 0.05) is 30.4 Å². The van der Waals surface area contributed by atoms with Crippen molar-refractivity contribution in [1.29, 1.82) is 0 Å². The van der Waals surface area contributed by atoms with Gasteiger partial charge in [-0.3, -0.25) is 9.69 Å². The van der Waals surface area contributed by atoms with Crippen molar-refractivity contribution in [2.75, 3.05) is 11.9 Å². The van der Waals surface area contributed by atoms with Gasteiger partial charge in [0.25, 0.3) is 5.91 Å². The monoisotopic (exact) mass is 414 g/mol. The van der Waals surface area contributed by atoms with Gasteiger partial charge in [0.2, 0.25) is 0 Å². The van der Waals surface area contributed by atoms with Gasteiger partial charge in [-0.2, -0.15) is 0 Å². The van der Waals surface area contributed by atoms with E-state index in [0.29, 0.717) is 17.3 Å². The number of hydrogen-bond acceptors (Lipinski definition) is 3. The minimum Gasteiger partial charge on any atom is -0.326 e. The largest absolute Gasteiger partial charge is 0.326 e. The Bertz CT molecular complexity index is 1230. The van der Waals surface area contributed by atoms with Crippen molar-refractivity contribution in [3.63, 3.8) is 0 Å². The summed E-state index contributed by atoms with van der Waals surface area (Å²) in [5, 5.41) is 2.88. The Labute approximate surface area is 180 Å². The van der Waals surface area contributed by atoms with Crippen molar-refractivity contribution in [2.45, 2.75) is 26.1 Å². The average Bonchev–Trinajstić information content (AvgIpc) is 3.16. The number of nitrogens with one attached hydrogen (secondary N) is 1. The number of benzene rings is 3. The first-order chi connectivity index (χ1) is 15.1. The fourth-order valence-electron chi connectivity index (χ4n) is 4.19. The summed E-state index contributed by atoms with van der Waals surface area (Å²) in [5.74, 6) is 0.398. The van der Waals surface area contributed by atoms with Crippen LogP contribution in [0.25, 0.3) is 11.0 Å². The lowest BCUT2D eigenvalue weighted by Crippen LogP contribution is -2.35. The molecule has 0 unspecified atom stereocenters. The number of anilines is 1. The van der Waals surface area contributed by atoms with E-state index in [-0.39, 0.29) is 11.7 Å². The molecule has 0 saturated heterocycles. The highest BCUT2D eigenvalue weighted by atomic mass is 19.1. The molecule has 1 atom stereocenters. The Morgan fingerprint density at radius 1 is 1.03 bits per heavy atom. The number of fused-ring (bicyclic) bond motifs is 3. The number of rotatable bonds is 4. The molecule has 1 aromatic heterocycles.